The van der Waals surface area contributed by atoms with Gasteiger partial charge in [-0.2, -0.15) is 5.26 Å². The number of benzene rings is 2. The normalized spacial score (nSPS) is 9.71. The molecule has 0 aliphatic rings. The minimum absolute atomic E-state index is 0.460. The summed E-state index contributed by atoms with van der Waals surface area (Å²) in [6, 6.07) is 13.8. The molecule has 0 fully saturated rings. The van der Waals surface area contributed by atoms with Crippen LogP contribution < -0.4 is 4.74 Å². The third-order valence-corrected chi connectivity index (χ3v) is 2.52. The van der Waals surface area contributed by atoms with E-state index in [1.54, 1.807) is 42.5 Å². The van der Waals surface area contributed by atoms with E-state index in [1.807, 2.05) is 6.07 Å². The zero-order valence-corrected chi connectivity index (χ0v) is 10.2. The molecule has 0 radical (unpaired) electrons. The molecule has 0 atom stereocenters. The predicted molar refractivity (Wildman–Crippen MR) is 67.7 cm³/mol. The van der Waals surface area contributed by atoms with Crippen LogP contribution in [-0.4, -0.2) is 0 Å². The van der Waals surface area contributed by atoms with Crippen molar-refractivity contribution in [2.24, 2.45) is 0 Å². The van der Waals surface area contributed by atoms with E-state index in [9.17, 15) is 0 Å². The fraction of sp³-hybridized carbons (Fsp3) is 0. The van der Waals surface area contributed by atoms with Crippen LogP contribution in [0.2, 0.25) is 10.0 Å². The molecule has 0 aromatic heterocycles. The average molecular weight is 264 g/mol. The van der Waals surface area contributed by atoms with Crippen molar-refractivity contribution in [3.05, 3.63) is 58.1 Å². The van der Waals surface area contributed by atoms with Crippen molar-refractivity contribution in [3.63, 3.8) is 0 Å². The molecular formula is C13H7Cl2NO. The van der Waals surface area contributed by atoms with E-state index in [-0.39, 0.29) is 0 Å². The van der Waals surface area contributed by atoms with Gasteiger partial charge in [-0.3, -0.25) is 0 Å². The SMILES string of the molecule is N#Cc1cc(Cl)cc(Oc2ccc(Cl)cc2)c1. The lowest BCUT2D eigenvalue weighted by molar-refractivity contribution is 0.482. The van der Waals surface area contributed by atoms with Crippen molar-refractivity contribution < 1.29 is 4.74 Å². The lowest BCUT2D eigenvalue weighted by Crippen LogP contribution is -1.85. The Hall–Kier alpha value is -1.69. The van der Waals surface area contributed by atoms with Crippen LogP contribution in [0.3, 0.4) is 0 Å². The van der Waals surface area contributed by atoms with Crippen molar-refractivity contribution in [1.29, 1.82) is 5.26 Å². The van der Waals surface area contributed by atoms with Gasteiger partial charge >= 0.3 is 0 Å². The van der Waals surface area contributed by atoms with Crippen LogP contribution in [0, 0.1) is 11.3 Å². The van der Waals surface area contributed by atoms with E-state index in [1.165, 1.54) is 0 Å². The molecule has 0 spiro atoms. The summed E-state index contributed by atoms with van der Waals surface area (Å²) in [6.45, 7) is 0. The van der Waals surface area contributed by atoms with Gasteiger partial charge in [0.2, 0.25) is 0 Å². The molecule has 0 unspecified atom stereocenters. The Labute approximate surface area is 109 Å². The Morgan fingerprint density at radius 2 is 1.59 bits per heavy atom. The van der Waals surface area contributed by atoms with Gasteiger partial charge in [0.1, 0.15) is 11.5 Å². The van der Waals surface area contributed by atoms with Gasteiger partial charge in [-0.05, 0) is 42.5 Å². The molecule has 17 heavy (non-hydrogen) atoms. The largest absolute Gasteiger partial charge is 0.457 e. The average Bonchev–Trinajstić information content (AvgIpc) is 2.31. The fourth-order valence-corrected chi connectivity index (χ4v) is 1.68. The molecule has 0 saturated carbocycles. The molecule has 2 aromatic rings. The summed E-state index contributed by atoms with van der Waals surface area (Å²) in [5, 5.41) is 9.91. The summed E-state index contributed by atoms with van der Waals surface area (Å²) >= 11 is 11.6. The smallest absolute Gasteiger partial charge is 0.130 e. The Morgan fingerprint density at radius 3 is 2.24 bits per heavy atom. The van der Waals surface area contributed by atoms with Crippen LogP contribution in [0.5, 0.6) is 11.5 Å². The van der Waals surface area contributed by atoms with Crippen LogP contribution in [-0.2, 0) is 0 Å². The molecule has 0 amide bonds. The number of hydrogen-bond acceptors (Lipinski definition) is 2. The summed E-state index contributed by atoms with van der Waals surface area (Å²) in [5.41, 5.74) is 0.460. The molecule has 84 valence electrons. The zero-order chi connectivity index (χ0) is 12.3. The highest BCUT2D eigenvalue weighted by molar-refractivity contribution is 6.31. The van der Waals surface area contributed by atoms with E-state index >= 15 is 0 Å². The second-order valence-electron chi connectivity index (χ2n) is 3.34. The molecule has 2 aromatic carbocycles. The molecule has 4 heteroatoms. The number of nitriles is 1. The van der Waals surface area contributed by atoms with Crippen LogP contribution in [0.1, 0.15) is 5.56 Å². The second-order valence-corrected chi connectivity index (χ2v) is 4.22. The summed E-state index contributed by atoms with van der Waals surface area (Å²) in [5.74, 6) is 1.16. The zero-order valence-electron chi connectivity index (χ0n) is 8.65. The van der Waals surface area contributed by atoms with Crippen molar-refractivity contribution >= 4 is 23.2 Å². The highest BCUT2D eigenvalue weighted by atomic mass is 35.5. The topological polar surface area (TPSA) is 33.0 Å². The monoisotopic (exact) mass is 263 g/mol. The molecule has 0 bridgehead atoms. The number of hydrogen-bond donors (Lipinski definition) is 0. The summed E-state index contributed by atoms with van der Waals surface area (Å²) < 4.78 is 5.56. The Morgan fingerprint density at radius 1 is 0.882 bits per heavy atom. The number of ether oxygens (including phenoxy) is 1. The first-order chi connectivity index (χ1) is 8.17. The maximum Gasteiger partial charge on any atom is 0.130 e. The highest BCUT2D eigenvalue weighted by Gasteiger charge is 2.02. The number of nitrogens with zero attached hydrogens (tertiary/aromatic N) is 1. The molecule has 0 aliphatic heterocycles. The van der Waals surface area contributed by atoms with Crippen LogP contribution in [0.4, 0.5) is 0 Å². The van der Waals surface area contributed by atoms with Gasteiger partial charge in [0.25, 0.3) is 0 Å². The molecular weight excluding hydrogens is 257 g/mol. The third kappa shape index (κ3) is 3.13. The fourth-order valence-electron chi connectivity index (χ4n) is 1.32. The quantitative estimate of drug-likeness (QED) is 0.790. The number of halogens is 2. The predicted octanol–water partition coefficient (Wildman–Crippen LogP) is 4.66. The van der Waals surface area contributed by atoms with Crippen molar-refractivity contribution in [2.75, 3.05) is 0 Å². The minimum atomic E-state index is 0.460. The van der Waals surface area contributed by atoms with Crippen LogP contribution >= 0.6 is 23.2 Å². The van der Waals surface area contributed by atoms with Gasteiger partial charge in [-0.15, -0.1) is 0 Å². The van der Waals surface area contributed by atoms with E-state index in [2.05, 4.69) is 0 Å². The molecule has 0 N–H and O–H groups in total. The van der Waals surface area contributed by atoms with Gasteiger partial charge in [-0.25, -0.2) is 0 Å². The maximum atomic E-state index is 8.81. The lowest BCUT2D eigenvalue weighted by atomic mass is 10.2. The molecule has 2 nitrogen and oxygen atoms in total. The van der Waals surface area contributed by atoms with Gasteiger partial charge in [0, 0.05) is 10.0 Å². The van der Waals surface area contributed by atoms with E-state index < -0.39 is 0 Å². The van der Waals surface area contributed by atoms with Gasteiger partial charge in [0.05, 0.1) is 11.6 Å². The third-order valence-electron chi connectivity index (χ3n) is 2.05. The minimum Gasteiger partial charge on any atom is -0.457 e. The molecule has 2 rings (SSSR count). The summed E-state index contributed by atoms with van der Waals surface area (Å²) in [4.78, 5) is 0. The van der Waals surface area contributed by atoms with Crippen LogP contribution in [0.15, 0.2) is 42.5 Å². The first kappa shape index (κ1) is 11.8. The highest BCUT2D eigenvalue weighted by Crippen LogP contribution is 2.26. The first-order valence-electron chi connectivity index (χ1n) is 4.81. The Kier molecular flexibility index (Phi) is 3.53. The van der Waals surface area contributed by atoms with E-state index in [0.29, 0.717) is 27.1 Å². The van der Waals surface area contributed by atoms with Gasteiger partial charge in [-0.1, -0.05) is 23.2 Å². The summed E-state index contributed by atoms with van der Waals surface area (Å²) in [7, 11) is 0. The number of rotatable bonds is 2. The second kappa shape index (κ2) is 5.09. The maximum absolute atomic E-state index is 8.81. The van der Waals surface area contributed by atoms with Crippen molar-refractivity contribution in [1.82, 2.24) is 0 Å². The van der Waals surface area contributed by atoms with E-state index in [4.69, 9.17) is 33.2 Å². The van der Waals surface area contributed by atoms with Crippen molar-refractivity contribution in [3.8, 4) is 17.6 Å². The van der Waals surface area contributed by atoms with Crippen LogP contribution in [0.25, 0.3) is 0 Å². The molecule has 0 aliphatic carbocycles. The van der Waals surface area contributed by atoms with Gasteiger partial charge in [0.15, 0.2) is 0 Å². The van der Waals surface area contributed by atoms with Gasteiger partial charge < -0.3 is 4.74 Å². The lowest BCUT2D eigenvalue weighted by Gasteiger charge is -2.06. The first-order valence-corrected chi connectivity index (χ1v) is 5.57. The molecule has 0 saturated heterocycles. The molecule has 0 heterocycles. The summed E-state index contributed by atoms with van der Waals surface area (Å²) in [6.07, 6.45) is 0. The van der Waals surface area contributed by atoms with Crippen molar-refractivity contribution in [2.45, 2.75) is 0 Å². The van der Waals surface area contributed by atoms with E-state index in [0.717, 1.165) is 0 Å². The Balaban J connectivity index is 2.27. The Bertz CT molecular complexity index is 573. The standard InChI is InChI=1S/C13H7Cl2NO/c14-10-1-3-12(4-2-10)17-13-6-9(8-16)5-11(15)7-13/h1-7H.